The van der Waals surface area contributed by atoms with Gasteiger partial charge in [-0.2, -0.15) is 0 Å². The maximum atomic E-state index is 11.3. The van der Waals surface area contributed by atoms with Gasteiger partial charge in [-0.25, -0.2) is 9.59 Å². The van der Waals surface area contributed by atoms with Crippen LogP contribution in [-0.2, 0) is 16.1 Å². The summed E-state index contributed by atoms with van der Waals surface area (Å²) in [6, 6.07) is 7.03. The fourth-order valence-corrected chi connectivity index (χ4v) is 1.36. The first kappa shape index (κ1) is 15.8. The average Bonchev–Trinajstić information content (AvgIpc) is 2.45. The number of benzene rings is 1. The van der Waals surface area contributed by atoms with Gasteiger partial charge >= 0.3 is 12.1 Å². The number of amides is 1. The molecule has 1 rings (SSSR count). The molecule has 110 valence electrons. The largest absolute Gasteiger partial charge is 0.497 e. The third-order valence-corrected chi connectivity index (χ3v) is 2.50. The lowest BCUT2D eigenvalue weighted by Gasteiger charge is -2.08. The Bertz CT molecular complexity index is 445. The number of methoxy groups -OCH3 is 1. The Hall–Kier alpha value is -2.28. The summed E-state index contributed by atoms with van der Waals surface area (Å²) in [6.07, 6.45) is -2.23. The average molecular weight is 283 g/mol. The number of hydrogen-bond donors (Lipinski definition) is 3. The van der Waals surface area contributed by atoms with Gasteiger partial charge in [0, 0.05) is 13.0 Å². The van der Waals surface area contributed by atoms with Gasteiger partial charge in [0.05, 0.1) is 7.11 Å². The smallest absolute Gasteiger partial charge is 0.407 e. The maximum Gasteiger partial charge on any atom is 0.407 e. The van der Waals surface area contributed by atoms with Crippen molar-refractivity contribution >= 4 is 12.1 Å². The Kier molecular flexibility index (Phi) is 6.31. The van der Waals surface area contributed by atoms with Crippen LogP contribution in [0.3, 0.4) is 0 Å². The summed E-state index contributed by atoms with van der Waals surface area (Å²) in [5.41, 5.74) is 0.798. The second-order valence-electron chi connectivity index (χ2n) is 3.99. The number of carbonyl (C=O) groups is 2. The van der Waals surface area contributed by atoms with Crippen molar-refractivity contribution in [3.63, 3.8) is 0 Å². The van der Waals surface area contributed by atoms with Crippen LogP contribution >= 0.6 is 0 Å². The number of carboxylic acid groups (broad SMARTS) is 1. The first-order chi connectivity index (χ1) is 9.52. The molecular weight excluding hydrogens is 266 g/mol. The molecule has 1 atom stereocenters. The predicted molar refractivity (Wildman–Crippen MR) is 69.4 cm³/mol. The SMILES string of the molecule is COc1ccc(COC(=O)NCC[C@H](O)C(=O)O)cc1. The summed E-state index contributed by atoms with van der Waals surface area (Å²) < 4.78 is 9.92. The lowest BCUT2D eigenvalue weighted by molar-refractivity contribution is -0.146. The first-order valence-electron chi connectivity index (χ1n) is 5.97. The highest BCUT2D eigenvalue weighted by molar-refractivity contribution is 5.72. The number of alkyl carbamates (subject to hydrolysis) is 1. The fraction of sp³-hybridized carbons (Fsp3) is 0.385. The van der Waals surface area contributed by atoms with E-state index in [0.717, 1.165) is 5.56 Å². The number of aliphatic hydroxyl groups excluding tert-OH is 1. The highest BCUT2D eigenvalue weighted by Gasteiger charge is 2.13. The molecule has 0 saturated carbocycles. The minimum atomic E-state index is -1.49. The summed E-state index contributed by atoms with van der Waals surface area (Å²) in [5.74, 6) is -0.612. The second-order valence-corrected chi connectivity index (χ2v) is 3.99. The minimum absolute atomic E-state index is 0.0227. The minimum Gasteiger partial charge on any atom is -0.497 e. The molecule has 7 nitrogen and oxygen atoms in total. The highest BCUT2D eigenvalue weighted by Crippen LogP contribution is 2.11. The molecule has 0 saturated heterocycles. The van der Waals surface area contributed by atoms with E-state index in [2.05, 4.69) is 5.32 Å². The van der Waals surface area contributed by atoms with Crippen LogP contribution < -0.4 is 10.1 Å². The molecule has 0 aliphatic rings. The van der Waals surface area contributed by atoms with E-state index in [4.69, 9.17) is 19.7 Å². The third-order valence-electron chi connectivity index (χ3n) is 2.50. The summed E-state index contributed by atoms with van der Waals surface area (Å²) in [5, 5.41) is 19.8. The molecule has 0 aliphatic carbocycles. The van der Waals surface area contributed by atoms with Crippen LogP contribution in [0.4, 0.5) is 4.79 Å². The number of ether oxygens (including phenoxy) is 2. The van der Waals surface area contributed by atoms with Gasteiger partial charge in [-0.05, 0) is 17.7 Å². The number of carboxylic acids is 1. The van der Waals surface area contributed by atoms with E-state index in [1.165, 1.54) is 0 Å². The molecule has 7 heteroatoms. The summed E-state index contributed by atoms with van der Waals surface area (Å²) in [4.78, 5) is 21.6. The van der Waals surface area contributed by atoms with E-state index in [1.807, 2.05) is 0 Å². The quantitative estimate of drug-likeness (QED) is 0.682. The van der Waals surface area contributed by atoms with Crippen molar-refractivity contribution in [2.24, 2.45) is 0 Å². The molecular formula is C13H17NO6. The predicted octanol–water partition coefficient (Wildman–Crippen LogP) is 0.757. The van der Waals surface area contributed by atoms with Gasteiger partial charge in [-0.3, -0.25) is 0 Å². The highest BCUT2D eigenvalue weighted by atomic mass is 16.5. The van der Waals surface area contributed by atoms with Crippen molar-refractivity contribution in [2.75, 3.05) is 13.7 Å². The molecule has 1 aromatic rings. The lowest BCUT2D eigenvalue weighted by Crippen LogP contribution is -2.30. The molecule has 0 aromatic heterocycles. The van der Waals surface area contributed by atoms with Crippen LogP contribution in [0.15, 0.2) is 24.3 Å². The van der Waals surface area contributed by atoms with Gasteiger partial charge < -0.3 is 25.0 Å². The van der Waals surface area contributed by atoms with E-state index < -0.39 is 18.2 Å². The Balaban J connectivity index is 2.23. The monoisotopic (exact) mass is 283 g/mol. The molecule has 0 unspecified atom stereocenters. The van der Waals surface area contributed by atoms with Gasteiger partial charge in [0.2, 0.25) is 0 Å². The van der Waals surface area contributed by atoms with Crippen molar-refractivity contribution in [1.82, 2.24) is 5.32 Å². The molecule has 1 aromatic carbocycles. The molecule has 0 radical (unpaired) electrons. The van der Waals surface area contributed by atoms with E-state index in [0.29, 0.717) is 5.75 Å². The maximum absolute atomic E-state index is 11.3. The molecule has 0 bridgehead atoms. The molecule has 0 fully saturated rings. The zero-order valence-electron chi connectivity index (χ0n) is 11.0. The van der Waals surface area contributed by atoms with E-state index >= 15 is 0 Å². The standard InChI is InChI=1S/C13H17NO6/c1-19-10-4-2-9(3-5-10)8-20-13(18)14-7-6-11(15)12(16)17/h2-5,11,15H,6-8H2,1H3,(H,14,18)(H,16,17)/t11-/m0/s1. The summed E-state index contributed by atoms with van der Waals surface area (Å²) >= 11 is 0. The van der Waals surface area contributed by atoms with E-state index in [-0.39, 0.29) is 19.6 Å². The third kappa shape index (κ3) is 5.57. The van der Waals surface area contributed by atoms with Crippen LogP contribution in [0.25, 0.3) is 0 Å². The van der Waals surface area contributed by atoms with Crippen molar-refractivity contribution in [1.29, 1.82) is 0 Å². The van der Waals surface area contributed by atoms with E-state index in [9.17, 15) is 9.59 Å². The molecule has 0 heterocycles. The Morgan fingerprint density at radius 3 is 2.50 bits per heavy atom. The topological polar surface area (TPSA) is 105 Å². The Labute approximate surface area is 116 Å². The van der Waals surface area contributed by atoms with Crippen LogP contribution in [0.2, 0.25) is 0 Å². The number of aliphatic hydroxyl groups is 1. The van der Waals surface area contributed by atoms with Crippen molar-refractivity contribution in [3.8, 4) is 5.75 Å². The molecule has 1 amide bonds. The van der Waals surface area contributed by atoms with Gasteiger partial charge in [0.1, 0.15) is 12.4 Å². The zero-order valence-corrected chi connectivity index (χ0v) is 11.0. The normalized spacial score (nSPS) is 11.5. The van der Waals surface area contributed by atoms with E-state index in [1.54, 1.807) is 31.4 Å². The van der Waals surface area contributed by atoms with Gasteiger partial charge in [-0.15, -0.1) is 0 Å². The van der Waals surface area contributed by atoms with Crippen LogP contribution in [0.1, 0.15) is 12.0 Å². The van der Waals surface area contributed by atoms with Gasteiger partial charge in [-0.1, -0.05) is 12.1 Å². The molecule has 0 aliphatic heterocycles. The molecule has 20 heavy (non-hydrogen) atoms. The first-order valence-corrected chi connectivity index (χ1v) is 5.97. The molecule has 0 spiro atoms. The lowest BCUT2D eigenvalue weighted by atomic mass is 10.2. The Morgan fingerprint density at radius 2 is 1.95 bits per heavy atom. The zero-order chi connectivity index (χ0) is 15.0. The van der Waals surface area contributed by atoms with Crippen molar-refractivity contribution < 1.29 is 29.3 Å². The number of carbonyl (C=O) groups excluding carboxylic acids is 1. The second kappa shape index (κ2) is 8.00. The summed E-state index contributed by atoms with van der Waals surface area (Å²) in [6.45, 7) is 0.117. The summed E-state index contributed by atoms with van der Waals surface area (Å²) in [7, 11) is 1.56. The number of rotatable bonds is 7. The Morgan fingerprint density at radius 1 is 1.30 bits per heavy atom. The molecule has 3 N–H and O–H groups in total. The number of aliphatic carboxylic acids is 1. The van der Waals surface area contributed by atoms with Gasteiger partial charge in [0.25, 0.3) is 0 Å². The van der Waals surface area contributed by atoms with Crippen LogP contribution in [-0.4, -0.2) is 42.0 Å². The van der Waals surface area contributed by atoms with Crippen LogP contribution in [0.5, 0.6) is 5.75 Å². The fourth-order valence-electron chi connectivity index (χ4n) is 1.36. The van der Waals surface area contributed by atoms with Crippen LogP contribution in [0, 0.1) is 0 Å². The number of nitrogens with one attached hydrogen (secondary N) is 1. The van der Waals surface area contributed by atoms with Crippen molar-refractivity contribution in [2.45, 2.75) is 19.1 Å². The van der Waals surface area contributed by atoms with Crippen molar-refractivity contribution in [3.05, 3.63) is 29.8 Å². The number of hydrogen-bond acceptors (Lipinski definition) is 5. The van der Waals surface area contributed by atoms with Gasteiger partial charge in [0.15, 0.2) is 6.10 Å².